The minimum atomic E-state index is -0.310. The number of carbonyl (C=O) groups excluding carboxylic acids is 2. The van der Waals surface area contributed by atoms with Crippen molar-refractivity contribution in [3.05, 3.63) is 89.5 Å². The van der Waals surface area contributed by atoms with Crippen molar-refractivity contribution in [3.63, 3.8) is 0 Å². The second kappa shape index (κ2) is 11.8. The third kappa shape index (κ3) is 7.15. The Hall–Kier alpha value is -3.71. The molecule has 2 amide bonds. The third-order valence-electron chi connectivity index (χ3n) is 4.90. The Bertz CT molecular complexity index is 1110. The molecule has 6 nitrogen and oxygen atoms in total. The predicted octanol–water partition coefficient (Wildman–Crippen LogP) is 5.55. The van der Waals surface area contributed by atoms with E-state index in [9.17, 15) is 9.59 Å². The molecule has 0 saturated carbocycles. The minimum Gasteiger partial charge on any atom is -0.494 e. The van der Waals surface area contributed by atoms with Crippen LogP contribution in [0, 0.1) is 6.92 Å². The smallest absolute Gasteiger partial charge is 0.257 e. The molecule has 0 fully saturated rings. The van der Waals surface area contributed by atoms with Gasteiger partial charge in [-0.25, -0.2) is 0 Å². The van der Waals surface area contributed by atoms with Gasteiger partial charge < -0.3 is 15.4 Å². The molecule has 3 aromatic carbocycles. The normalized spacial score (nSPS) is 10.2. The Labute approximate surface area is 199 Å². The number of hydrogen-bond acceptors (Lipinski definition) is 4. The summed E-state index contributed by atoms with van der Waals surface area (Å²) in [7, 11) is 0. The SMILES string of the molecule is CCCCOc1ccc(C(=O)NC(=S)Nc2ccc(NC(=O)c3ccccc3C)cc2)cc1. The molecule has 0 bridgehead atoms. The second-order valence-corrected chi connectivity index (χ2v) is 7.89. The fraction of sp³-hybridized carbons (Fsp3) is 0.192. The Morgan fingerprint density at radius 2 is 1.48 bits per heavy atom. The summed E-state index contributed by atoms with van der Waals surface area (Å²) in [5, 5.41) is 8.69. The average Bonchev–Trinajstić information content (AvgIpc) is 2.81. The highest BCUT2D eigenvalue weighted by molar-refractivity contribution is 7.80. The maximum absolute atomic E-state index is 12.4. The lowest BCUT2D eigenvalue weighted by Gasteiger charge is -2.11. The summed E-state index contributed by atoms with van der Waals surface area (Å²) < 4.78 is 5.61. The van der Waals surface area contributed by atoms with Crippen LogP contribution in [0.25, 0.3) is 0 Å². The minimum absolute atomic E-state index is 0.168. The molecule has 170 valence electrons. The van der Waals surface area contributed by atoms with E-state index in [4.69, 9.17) is 17.0 Å². The van der Waals surface area contributed by atoms with E-state index in [-0.39, 0.29) is 16.9 Å². The van der Waals surface area contributed by atoms with Gasteiger partial charge in [0.1, 0.15) is 5.75 Å². The van der Waals surface area contributed by atoms with Gasteiger partial charge in [0, 0.05) is 22.5 Å². The summed E-state index contributed by atoms with van der Waals surface area (Å²) in [6.07, 6.45) is 2.05. The van der Waals surface area contributed by atoms with Crippen LogP contribution in [-0.4, -0.2) is 23.5 Å². The van der Waals surface area contributed by atoms with Crippen LogP contribution >= 0.6 is 12.2 Å². The van der Waals surface area contributed by atoms with Crippen molar-refractivity contribution in [2.75, 3.05) is 17.2 Å². The van der Waals surface area contributed by atoms with Crippen LogP contribution in [0.15, 0.2) is 72.8 Å². The Kier molecular flexibility index (Phi) is 8.55. The number of nitrogens with one attached hydrogen (secondary N) is 3. The lowest BCUT2D eigenvalue weighted by Crippen LogP contribution is -2.34. The zero-order chi connectivity index (χ0) is 23.6. The molecule has 7 heteroatoms. The van der Waals surface area contributed by atoms with Crippen molar-refractivity contribution in [1.82, 2.24) is 5.32 Å². The fourth-order valence-electron chi connectivity index (χ4n) is 3.04. The van der Waals surface area contributed by atoms with Gasteiger partial charge in [0.25, 0.3) is 11.8 Å². The van der Waals surface area contributed by atoms with Crippen LogP contribution in [0.4, 0.5) is 11.4 Å². The summed E-state index contributed by atoms with van der Waals surface area (Å²) in [5.41, 5.74) is 3.37. The Balaban J connectivity index is 1.50. The number of ether oxygens (including phenoxy) is 1. The monoisotopic (exact) mass is 461 g/mol. The molecule has 3 N–H and O–H groups in total. The molecule has 0 aromatic heterocycles. The molecule has 3 aromatic rings. The number of rotatable bonds is 8. The highest BCUT2D eigenvalue weighted by Gasteiger charge is 2.10. The molecular formula is C26H27N3O3S. The van der Waals surface area contributed by atoms with Crippen molar-refractivity contribution in [2.24, 2.45) is 0 Å². The first-order valence-corrected chi connectivity index (χ1v) is 11.2. The van der Waals surface area contributed by atoms with E-state index in [2.05, 4.69) is 22.9 Å². The van der Waals surface area contributed by atoms with Gasteiger partial charge in [-0.3, -0.25) is 14.9 Å². The van der Waals surface area contributed by atoms with Crippen molar-refractivity contribution < 1.29 is 14.3 Å². The van der Waals surface area contributed by atoms with E-state index in [0.717, 1.165) is 24.2 Å². The topological polar surface area (TPSA) is 79.5 Å². The molecule has 0 atom stereocenters. The molecule has 3 rings (SSSR count). The van der Waals surface area contributed by atoms with Crippen LogP contribution in [-0.2, 0) is 0 Å². The quantitative estimate of drug-likeness (QED) is 0.303. The molecule has 33 heavy (non-hydrogen) atoms. The van der Waals surface area contributed by atoms with Gasteiger partial charge in [0.05, 0.1) is 6.61 Å². The zero-order valence-corrected chi connectivity index (χ0v) is 19.5. The number of benzene rings is 3. The van der Waals surface area contributed by atoms with E-state index in [1.165, 1.54) is 0 Å². The van der Waals surface area contributed by atoms with E-state index in [1.807, 2.05) is 25.1 Å². The molecule has 0 aliphatic carbocycles. The number of amides is 2. The molecular weight excluding hydrogens is 434 g/mol. The van der Waals surface area contributed by atoms with Crippen molar-refractivity contribution in [3.8, 4) is 5.75 Å². The molecule has 0 aliphatic heterocycles. The number of aryl methyl sites for hydroxylation is 1. The molecule has 0 spiro atoms. The first kappa shape index (κ1) is 23.9. The van der Waals surface area contributed by atoms with E-state index in [1.54, 1.807) is 54.6 Å². The third-order valence-corrected chi connectivity index (χ3v) is 5.10. The largest absolute Gasteiger partial charge is 0.494 e. The molecule has 0 heterocycles. The number of unbranched alkanes of at least 4 members (excludes halogenated alkanes) is 1. The van der Waals surface area contributed by atoms with Gasteiger partial charge in [-0.2, -0.15) is 0 Å². The van der Waals surface area contributed by atoms with Crippen LogP contribution in [0.5, 0.6) is 5.75 Å². The second-order valence-electron chi connectivity index (χ2n) is 7.48. The molecule has 0 saturated heterocycles. The summed E-state index contributed by atoms with van der Waals surface area (Å²) in [5.74, 6) is 0.253. The first-order chi connectivity index (χ1) is 16.0. The highest BCUT2D eigenvalue weighted by atomic mass is 32.1. The number of thiocarbonyl (C=S) groups is 1. The molecule has 0 radical (unpaired) electrons. The average molecular weight is 462 g/mol. The Morgan fingerprint density at radius 1 is 0.848 bits per heavy atom. The number of anilines is 2. The van der Waals surface area contributed by atoms with E-state index in [0.29, 0.717) is 29.1 Å². The van der Waals surface area contributed by atoms with Gasteiger partial charge in [-0.05, 0) is 85.7 Å². The van der Waals surface area contributed by atoms with Gasteiger partial charge in [0.2, 0.25) is 0 Å². The lowest BCUT2D eigenvalue weighted by atomic mass is 10.1. The van der Waals surface area contributed by atoms with Crippen LogP contribution < -0.4 is 20.7 Å². The molecule has 0 unspecified atom stereocenters. The zero-order valence-electron chi connectivity index (χ0n) is 18.7. The van der Waals surface area contributed by atoms with Gasteiger partial charge in [-0.1, -0.05) is 31.5 Å². The van der Waals surface area contributed by atoms with Crippen LogP contribution in [0.1, 0.15) is 46.0 Å². The van der Waals surface area contributed by atoms with Crippen LogP contribution in [0.2, 0.25) is 0 Å². The molecule has 0 aliphatic rings. The Morgan fingerprint density at radius 3 is 2.12 bits per heavy atom. The van der Waals surface area contributed by atoms with E-state index >= 15 is 0 Å². The van der Waals surface area contributed by atoms with Gasteiger partial charge >= 0.3 is 0 Å². The summed E-state index contributed by atoms with van der Waals surface area (Å²) in [6, 6.07) is 21.4. The van der Waals surface area contributed by atoms with Crippen molar-refractivity contribution in [2.45, 2.75) is 26.7 Å². The maximum Gasteiger partial charge on any atom is 0.257 e. The lowest BCUT2D eigenvalue weighted by molar-refractivity contribution is 0.0976. The number of hydrogen-bond donors (Lipinski definition) is 3. The van der Waals surface area contributed by atoms with E-state index < -0.39 is 0 Å². The highest BCUT2D eigenvalue weighted by Crippen LogP contribution is 2.16. The summed E-state index contributed by atoms with van der Waals surface area (Å²) in [6.45, 7) is 4.66. The predicted molar refractivity (Wildman–Crippen MR) is 136 cm³/mol. The summed E-state index contributed by atoms with van der Waals surface area (Å²) in [4.78, 5) is 24.9. The van der Waals surface area contributed by atoms with Gasteiger partial charge in [0.15, 0.2) is 5.11 Å². The van der Waals surface area contributed by atoms with Crippen molar-refractivity contribution in [1.29, 1.82) is 0 Å². The van der Waals surface area contributed by atoms with Crippen LogP contribution in [0.3, 0.4) is 0 Å². The standard InChI is InChI=1S/C26H27N3O3S/c1-3-4-17-32-22-15-9-19(10-16-22)24(30)29-26(33)28-21-13-11-20(12-14-21)27-25(31)23-8-6-5-7-18(23)2/h5-16H,3-4,17H2,1-2H3,(H,27,31)(H2,28,29,30,33). The fourth-order valence-corrected chi connectivity index (χ4v) is 3.25. The summed E-state index contributed by atoms with van der Waals surface area (Å²) >= 11 is 5.25. The first-order valence-electron chi connectivity index (χ1n) is 10.8. The number of carbonyl (C=O) groups is 2. The van der Waals surface area contributed by atoms with Gasteiger partial charge in [-0.15, -0.1) is 0 Å². The van der Waals surface area contributed by atoms with Crippen molar-refractivity contribution >= 4 is 40.5 Å². The maximum atomic E-state index is 12.4.